The van der Waals surface area contributed by atoms with Crippen molar-refractivity contribution in [3.8, 4) is 0 Å². The van der Waals surface area contributed by atoms with Crippen molar-refractivity contribution in [2.45, 2.75) is 504 Å². The number of hydrogen-bond acceptors (Lipinski definition) is 0. The van der Waals surface area contributed by atoms with Gasteiger partial charge in [0.1, 0.15) is 51.0 Å². The predicted molar refractivity (Wildman–Crippen MR) is 441 cm³/mol. The Balaban J connectivity index is -0.000000133. The summed E-state index contributed by atoms with van der Waals surface area (Å²) < 4.78 is 125. The van der Waals surface area contributed by atoms with Gasteiger partial charge in [-0.1, -0.05) is 307 Å². The molecule has 0 heterocycles. The molecule has 0 amide bonds. The van der Waals surface area contributed by atoms with Gasteiger partial charge in [0.2, 0.25) is 0 Å². The highest BCUT2D eigenvalue weighted by atomic mass is 19.2. The van der Waals surface area contributed by atoms with Crippen molar-refractivity contribution < 1.29 is 39.5 Å². The Morgan fingerprint density at radius 1 is 0.230 bits per heavy atom. The molecule has 0 aromatic heterocycles. The fourth-order valence-electron chi connectivity index (χ4n) is 15.2. The molecule has 0 N–H and O–H groups in total. The molecular formula is C91H191F9. The zero-order chi connectivity index (χ0) is 82.5. The molecule has 0 aromatic rings. The van der Waals surface area contributed by atoms with E-state index in [1.54, 1.807) is 62.3 Å². The van der Waals surface area contributed by atoms with Crippen LogP contribution in [-0.4, -0.2) is 51.0 Å². The molecule has 0 fully saturated rings. The lowest BCUT2D eigenvalue weighted by Gasteiger charge is -2.42. The number of hydrogen-bond donors (Lipinski definition) is 0. The summed E-state index contributed by atoms with van der Waals surface area (Å²) >= 11 is 0. The van der Waals surface area contributed by atoms with Crippen LogP contribution in [0.15, 0.2) is 0 Å². The third-order valence-electron chi connectivity index (χ3n) is 25.8. The fourth-order valence-corrected chi connectivity index (χ4v) is 15.2. The second-order valence-corrected chi connectivity index (χ2v) is 36.0. The number of alkyl halides is 9. The summed E-state index contributed by atoms with van der Waals surface area (Å²) in [6.07, 6.45) is 18.8. The van der Waals surface area contributed by atoms with Crippen molar-refractivity contribution in [2.24, 2.45) is 87.3 Å². The summed E-state index contributed by atoms with van der Waals surface area (Å²) in [5, 5.41) is 0. The van der Waals surface area contributed by atoms with E-state index in [0.717, 1.165) is 96.3 Å². The highest BCUT2D eigenvalue weighted by Crippen LogP contribution is 2.47. The minimum atomic E-state index is -1.05. The Bertz CT molecular complexity index is 1750. The lowest BCUT2D eigenvalue weighted by atomic mass is 9.67. The molecule has 0 spiro atoms. The molecule has 0 aliphatic rings. The van der Waals surface area contributed by atoms with Gasteiger partial charge in [0.25, 0.3) is 0 Å². The van der Waals surface area contributed by atoms with Crippen LogP contribution in [-0.2, 0) is 0 Å². The molecule has 0 rings (SSSR count). The van der Waals surface area contributed by atoms with E-state index in [1.807, 2.05) is 111 Å². The quantitative estimate of drug-likeness (QED) is 0.0544. The topological polar surface area (TPSA) is 0 Å². The van der Waals surface area contributed by atoms with Gasteiger partial charge >= 0.3 is 0 Å². The number of halogens is 9. The van der Waals surface area contributed by atoms with Crippen molar-refractivity contribution in [2.75, 3.05) is 0 Å². The van der Waals surface area contributed by atoms with E-state index in [4.69, 9.17) is 0 Å². The summed E-state index contributed by atoms with van der Waals surface area (Å²) in [6, 6.07) is 0. The van der Waals surface area contributed by atoms with Crippen molar-refractivity contribution in [3.63, 3.8) is 0 Å². The van der Waals surface area contributed by atoms with Crippen LogP contribution >= 0.6 is 0 Å². The van der Waals surface area contributed by atoms with Crippen molar-refractivity contribution in [1.29, 1.82) is 0 Å². The number of rotatable bonds is 37. The Hall–Kier alpha value is -0.630. The minimum Gasteiger partial charge on any atom is -0.244 e. The van der Waals surface area contributed by atoms with Gasteiger partial charge in [0, 0.05) is 16.2 Å². The SMILES string of the molecule is CC(C)C(C)(F)C(C)C.CCC(C)(CC)C(C)(F)C(C)C.CCC(C)(F)C(C(C)C)C(C)C.CCC(C)(F)C(C)(CC)CC.CCC(CC)C(C)(F)C(C)C.CCCC(C)(F)C(C(C)C)C(C)C.CCCC(C)(F)C(C)(CC)CC.CCCC(C)(F)C(CC)CC.CCCC(C)(F)CCC. The van der Waals surface area contributed by atoms with Crippen LogP contribution in [0.1, 0.15) is 453 Å². The molecule has 0 nitrogen and oxygen atoms in total. The van der Waals surface area contributed by atoms with Gasteiger partial charge in [-0.2, -0.15) is 0 Å². The van der Waals surface area contributed by atoms with Crippen LogP contribution in [0.2, 0.25) is 0 Å². The molecule has 9 heteroatoms. The monoisotopic (exact) mass is 1460 g/mol. The average molecular weight is 1460 g/mol. The predicted octanol–water partition coefficient (Wildman–Crippen LogP) is 35.1. The van der Waals surface area contributed by atoms with E-state index in [9.17, 15) is 39.5 Å². The average Bonchev–Trinajstić information content (AvgIpc) is 0.812. The molecule has 0 aliphatic heterocycles. The Labute approximate surface area is 627 Å². The molecule has 7 atom stereocenters. The molecule has 0 aromatic carbocycles. The molecule has 100 heavy (non-hydrogen) atoms. The highest BCUT2D eigenvalue weighted by molar-refractivity contribution is 4.95. The summed E-state index contributed by atoms with van der Waals surface area (Å²) in [5.74, 6) is 3.05. The van der Waals surface area contributed by atoms with Crippen LogP contribution in [0.3, 0.4) is 0 Å². The van der Waals surface area contributed by atoms with E-state index in [-0.39, 0.29) is 63.6 Å². The molecule has 618 valence electrons. The van der Waals surface area contributed by atoms with Crippen LogP contribution < -0.4 is 0 Å². The molecule has 0 saturated heterocycles. The van der Waals surface area contributed by atoms with E-state index in [1.165, 1.54) is 0 Å². The van der Waals surface area contributed by atoms with Gasteiger partial charge in [-0.15, -0.1) is 0 Å². The summed E-state index contributed by atoms with van der Waals surface area (Å²) in [4.78, 5) is 0. The van der Waals surface area contributed by atoms with Gasteiger partial charge < -0.3 is 0 Å². The first kappa shape index (κ1) is 118. The second-order valence-electron chi connectivity index (χ2n) is 36.0. The minimum absolute atomic E-state index is 0.0994. The van der Waals surface area contributed by atoms with Crippen LogP contribution in [0.4, 0.5) is 39.5 Å². The summed E-state index contributed by atoms with van der Waals surface area (Å²) in [7, 11) is 0. The van der Waals surface area contributed by atoms with E-state index in [2.05, 4.69) is 138 Å². The van der Waals surface area contributed by atoms with E-state index < -0.39 is 51.0 Å². The maximum Gasteiger partial charge on any atom is 0.115 e. The second kappa shape index (κ2) is 55.7. The van der Waals surface area contributed by atoms with Crippen LogP contribution in [0, 0.1) is 87.3 Å². The lowest BCUT2D eigenvalue weighted by Crippen LogP contribution is -2.43. The molecule has 0 radical (unpaired) electrons. The largest absolute Gasteiger partial charge is 0.244 e. The van der Waals surface area contributed by atoms with Gasteiger partial charge in [0.15, 0.2) is 0 Å². The maximum absolute atomic E-state index is 14.3. The Kier molecular flexibility index (Phi) is 65.6. The molecule has 0 aliphatic carbocycles. The van der Waals surface area contributed by atoms with Crippen molar-refractivity contribution in [1.82, 2.24) is 0 Å². The highest BCUT2D eigenvalue weighted by Gasteiger charge is 2.46. The van der Waals surface area contributed by atoms with Gasteiger partial charge in [0.05, 0.1) is 0 Å². The molecule has 7 unspecified atom stereocenters. The summed E-state index contributed by atoms with van der Waals surface area (Å²) in [6.45, 7) is 88.9. The zero-order valence-electron chi connectivity index (χ0n) is 76.9. The fraction of sp³-hybridized carbons (Fsp3) is 1.00. The first-order valence-electron chi connectivity index (χ1n) is 42.1. The summed E-state index contributed by atoms with van der Waals surface area (Å²) in [5.41, 5.74) is -9.28. The van der Waals surface area contributed by atoms with Gasteiger partial charge in [-0.3, -0.25) is 0 Å². The van der Waals surface area contributed by atoms with Crippen molar-refractivity contribution in [3.05, 3.63) is 0 Å². The Morgan fingerprint density at radius 2 is 0.480 bits per heavy atom. The van der Waals surface area contributed by atoms with Crippen LogP contribution in [0.25, 0.3) is 0 Å². The van der Waals surface area contributed by atoms with Gasteiger partial charge in [-0.25, -0.2) is 39.5 Å². The third kappa shape index (κ3) is 44.6. The first-order valence-corrected chi connectivity index (χ1v) is 42.1. The normalized spacial score (nSPS) is 16.6. The third-order valence-corrected chi connectivity index (χ3v) is 25.8. The lowest BCUT2D eigenvalue weighted by molar-refractivity contribution is -0.0267. The maximum atomic E-state index is 14.3. The molecule has 0 saturated carbocycles. The standard InChI is InChI=1S/C12H25F.3C11H23F.3C10H21F.2C8H17F/c1-7-8-12(6,13)11(9(2)3)10(4)5;1-7-10(5,8-2)11(6,12)9(3)4;1-7-11(6,12)10(8(2)3)9(4)5;1-6-9-11(5,12)10(4,7-2)8-3;1-6-9(4,7-2)10(5,11)8-3;1-6-9(7-2)10(5,11)8(3)4;1-5-8-10(4,11)9(6-2)7-3;1-6(2)8(5,9)7(3)4;1-4-6-8(3,9)7-5-2/h9-11H,7-8H2,1-6H3;9H,7-8H2,1-6H3;8-10H,7H2,1-6H3;6-9H2,1-5H3;6-8H2,1-5H3;8-9H,6-7H2,1-5H3;9H,5-8H2,1-4H3;6-7H,1-5H3;4-7H2,1-3H3. The smallest absolute Gasteiger partial charge is 0.115 e. The zero-order valence-corrected chi connectivity index (χ0v) is 76.9. The Morgan fingerprint density at radius 3 is 0.630 bits per heavy atom. The van der Waals surface area contributed by atoms with E-state index >= 15 is 0 Å². The van der Waals surface area contributed by atoms with Crippen molar-refractivity contribution >= 4 is 0 Å². The molecule has 0 bridgehead atoms. The van der Waals surface area contributed by atoms with Gasteiger partial charge in [-0.05, 0) is 217 Å². The molecular weight excluding hydrogens is 1260 g/mol. The van der Waals surface area contributed by atoms with Crippen LogP contribution in [0.5, 0.6) is 0 Å². The first-order chi connectivity index (χ1) is 44.9. The van der Waals surface area contributed by atoms with E-state index in [0.29, 0.717) is 68.6 Å².